The fourth-order valence-corrected chi connectivity index (χ4v) is 3.19. The Morgan fingerprint density at radius 2 is 2.23 bits per heavy atom. The van der Waals surface area contributed by atoms with Crippen LogP contribution in [0.4, 0.5) is 0 Å². The van der Waals surface area contributed by atoms with Crippen molar-refractivity contribution in [3.05, 3.63) is 35.9 Å². The van der Waals surface area contributed by atoms with E-state index in [0.717, 1.165) is 39.0 Å². The lowest BCUT2D eigenvalue weighted by molar-refractivity contribution is -0.135. The van der Waals surface area contributed by atoms with Crippen molar-refractivity contribution in [2.75, 3.05) is 32.8 Å². The molecule has 2 saturated heterocycles. The Labute approximate surface area is 132 Å². The predicted octanol–water partition coefficient (Wildman–Crippen LogP) is 0.756. The molecule has 2 aliphatic heterocycles. The van der Waals surface area contributed by atoms with Gasteiger partial charge in [0.15, 0.2) is 0 Å². The van der Waals surface area contributed by atoms with Crippen LogP contribution in [-0.4, -0.2) is 55.7 Å². The summed E-state index contributed by atoms with van der Waals surface area (Å²) in [5.41, 5.74) is 1.33. The number of carbonyl (C=O) groups is 1. The van der Waals surface area contributed by atoms with Crippen molar-refractivity contribution in [3.63, 3.8) is 0 Å². The SMILES string of the molecule is O=C(NC1CCCN(Cc2ccccc2)C1)C1CNCCO1. The summed E-state index contributed by atoms with van der Waals surface area (Å²) in [7, 11) is 0. The molecule has 2 atom stereocenters. The minimum absolute atomic E-state index is 0.0266. The second kappa shape index (κ2) is 7.72. The maximum atomic E-state index is 12.2. The van der Waals surface area contributed by atoms with Crippen molar-refractivity contribution in [1.29, 1.82) is 0 Å². The Morgan fingerprint density at radius 1 is 1.36 bits per heavy atom. The van der Waals surface area contributed by atoms with Gasteiger partial charge in [-0.15, -0.1) is 0 Å². The number of hydrogen-bond donors (Lipinski definition) is 2. The van der Waals surface area contributed by atoms with Crippen molar-refractivity contribution in [3.8, 4) is 0 Å². The largest absolute Gasteiger partial charge is 0.366 e. The van der Waals surface area contributed by atoms with Gasteiger partial charge in [-0.2, -0.15) is 0 Å². The van der Waals surface area contributed by atoms with Gasteiger partial charge in [0.2, 0.25) is 0 Å². The number of piperidine rings is 1. The van der Waals surface area contributed by atoms with Crippen LogP contribution in [0.1, 0.15) is 18.4 Å². The zero-order valence-electron chi connectivity index (χ0n) is 13.0. The minimum Gasteiger partial charge on any atom is -0.366 e. The highest BCUT2D eigenvalue weighted by Crippen LogP contribution is 2.14. The molecule has 2 N–H and O–H groups in total. The number of hydrogen-bond acceptors (Lipinski definition) is 4. The molecule has 0 aromatic heterocycles. The van der Waals surface area contributed by atoms with Gasteiger partial charge in [0.05, 0.1) is 6.61 Å². The lowest BCUT2D eigenvalue weighted by atomic mass is 10.0. The number of nitrogens with one attached hydrogen (secondary N) is 2. The summed E-state index contributed by atoms with van der Waals surface area (Å²) in [6, 6.07) is 10.7. The van der Waals surface area contributed by atoms with Crippen LogP contribution in [0.25, 0.3) is 0 Å². The first-order valence-electron chi connectivity index (χ1n) is 8.20. The third-order valence-corrected chi connectivity index (χ3v) is 4.32. The number of carbonyl (C=O) groups excluding carboxylic acids is 1. The van der Waals surface area contributed by atoms with Crippen LogP contribution < -0.4 is 10.6 Å². The second-order valence-electron chi connectivity index (χ2n) is 6.13. The smallest absolute Gasteiger partial charge is 0.250 e. The highest BCUT2D eigenvalue weighted by Gasteiger charge is 2.26. The Morgan fingerprint density at radius 3 is 3.00 bits per heavy atom. The summed E-state index contributed by atoms with van der Waals surface area (Å²) in [5, 5.41) is 6.36. The zero-order valence-corrected chi connectivity index (χ0v) is 13.0. The van der Waals surface area contributed by atoms with Crippen LogP contribution in [0.5, 0.6) is 0 Å². The summed E-state index contributed by atoms with van der Waals surface area (Å²) in [5.74, 6) is 0.0266. The molecule has 1 amide bonds. The fourth-order valence-electron chi connectivity index (χ4n) is 3.19. The van der Waals surface area contributed by atoms with E-state index in [9.17, 15) is 4.79 Å². The van der Waals surface area contributed by atoms with Crippen LogP contribution in [0.3, 0.4) is 0 Å². The molecule has 0 saturated carbocycles. The molecule has 5 nitrogen and oxygen atoms in total. The topological polar surface area (TPSA) is 53.6 Å². The Kier molecular flexibility index (Phi) is 5.43. The summed E-state index contributed by atoms with van der Waals surface area (Å²) in [6.07, 6.45) is 1.84. The van der Waals surface area contributed by atoms with Gasteiger partial charge < -0.3 is 15.4 Å². The monoisotopic (exact) mass is 303 g/mol. The number of morpholine rings is 1. The van der Waals surface area contributed by atoms with E-state index in [4.69, 9.17) is 4.74 Å². The van der Waals surface area contributed by atoms with Crippen molar-refractivity contribution >= 4 is 5.91 Å². The highest BCUT2D eigenvalue weighted by atomic mass is 16.5. The number of benzene rings is 1. The van der Waals surface area contributed by atoms with E-state index in [1.165, 1.54) is 5.56 Å². The van der Waals surface area contributed by atoms with Gasteiger partial charge in [0.1, 0.15) is 6.10 Å². The maximum absolute atomic E-state index is 12.2. The summed E-state index contributed by atoms with van der Waals surface area (Å²) < 4.78 is 5.52. The molecule has 22 heavy (non-hydrogen) atoms. The van der Waals surface area contributed by atoms with Crippen LogP contribution in [0.2, 0.25) is 0 Å². The number of amides is 1. The first kappa shape index (κ1) is 15.5. The van der Waals surface area contributed by atoms with Crippen molar-refractivity contribution < 1.29 is 9.53 Å². The van der Waals surface area contributed by atoms with Gasteiger partial charge in [-0.25, -0.2) is 0 Å². The molecule has 0 aliphatic carbocycles. The van der Waals surface area contributed by atoms with E-state index < -0.39 is 0 Å². The van der Waals surface area contributed by atoms with E-state index in [1.54, 1.807) is 0 Å². The fraction of sp³-hybridized carbons (Fsp3) is 0.588. The first-order valence-corrected chi connectivity index (χ1v) is 8.20. The molecule has 0 radical (unpaired) electrons. The van der Waals surface area contributed by atoms with Gasteiger partial charge in [0, 0.05) is 32.2 Å². The quantitative estimate of drug-likeness (QED) is 0.862. The Bertz CT molecular complexity index is 474. The molecule has 0 spiro atoms. The normalized spacial score (nSPS) is 26.5. The maximum Gasteiger partial charge on any atom is 0.250 e. The van der Waals surface area contributed by atoms with Crippen LogP contribution in [-0.2, 0) is 16.1 Å². The molecular formula is C17H25N3O2. The predicted molar refractivity (Wildman–Crippen MR) is 85.5 cm³/mol. The van der Waals surface area contributed by atoms with E-state index in [0.29, 0.717) is 13.2 Å². The third-order valence-electron chi connectivity index (χ3n) is 4.32. The average molecular weight is 303 g/mol. The lowest BCUT2D eigenvalue weighted by Crippen LogP contribution is -2.53. The minimum atomic E-state index is -0.335. The standard InChI is InChI=1S/C17H25N3O2/c21-17(16-11-18-8-10-22-16)19-15-7-4-9-20(13-15)12-14-5-2-1-3-6-14/h1-3,5-6,15-16,18H,4,7-13H2,(H,19,21). The molecule has 5 heteroatoms. The third kappa shape index (κ3) is 4.29. The van der Waals surface area contributed by atoms with Gasteiger partial charge in [0.25, 0.3) is 5.91 Å². The van der Waals surface area contributed by atoms with Crippen molar-refractivity contribution in [1.82, 2.24) is 15.5 Å². The molecular weight excluding hydrogens is 278 g/mol. The number of ether oxygens (including phenoxy) is 1. The molecule has 1 aromatic carbocycles. The molecule has 2 fully saturated rings. The van der Waals surface area contributed by atoms with Crippen LogP contribution in [0, 0.1) is 0 Å². The van der Waals surface area contributed by atoms with E-state index >= 15 is 0 Å². The van der Waals surface area contributed by atoms with Crippen molar-refractivity contribution in [2.24, 2.45) is 0 Å². The van der Waals surface area contributed by atoms with Crippen LogP contribution in [0.15, 0.2) is 30.3 Å². The Balaban J connectivity index is 1.48. The molecule has 2 heterocycles. The Hall–Kier alpha value is -1.43. The number of nitrogens with zero attached hydrogens (tertiary/aromatic N) is 1. The molecule has 0 bridgehead atoms. The summed E-state index contributed by atoms with van der Waals surface area (Å²) in [6.45, 7) is 5.03. The van der Waals surface area contributed by atoms with Gasteiger partial charge in [-0.3, -0.25) is 9.69 Å². The lowest BCUT2D eigenvalue weighted by Gasteiger charge is -2.34. The molecule has 2 aliphatic rings. The van der Waals surface area contributed by atoms with Crippen molar-refractivity contribution in [2.45, 2.75) is 31.5 Å². The van der Waals surface area contributed by atoms with E-state index in [1.807, 2.05) is 6.07 Å². The highest BCUT2D eigenvalue weighted by molar-refractivity contribution is 5.81. The van der Waals surface area contributed by atoms with E-state index in [2.05, 4.69) is 39.8 Å². The zero-order chi connectivity index (χ0) is 15.2. The summed E-state index contributed by atoms with van der Waals surface area (Å²) in [4.78, 5) is 14.7. The summed E-state index contributed by atoms with van der Waals surface area (Å²) >= 11 is 0. The first-order chi connectivity index (χ1) is 10.8. The van der Waals surface area contributed by atoms with Crippen LogP contribution >= 0.6 is 0 Å². The molecule has 1 aromatic rings. The average Bonchev–Trinajstić information content (AvgIpc) is 2.57. The molecule has 120 valence electrons. The van der Waals surface area contributed by atoms with Gasteiger partial charge in [-0.05, 0) is 24.9 Å². The molecule has 2 unspecified atom stereocenters. The van der Waals surface area contributed by atoms with E-state index in [-0.39, 0.29) is 18.1 Å². The number of rotatable bonds is 4. The second-order valence-corrected chi connectivity index (χ2v) is 6.13. The number of likely N-dealkylation sites (tertiary alicyclic amines) is 1. The van der Waals surface area contributed by atoms with Gasteiger partial charge >= 0.3 is 0 Å². The van der Waals surface area contributed by atoms with Gasteiger partial charge in [-0.1, -0.05) is 30.3 Å². The molecule has 3 rings (SSSR count).